The summed E-state index contributed by atoms with van der Waals surface area (Å²) in [6, 6.07) is 11.2. The molecule has 3 nitrogen and oxygen atoms in total. The van der Waals surface area contributed by atoms with E-state index in [2.05, 4.69) is 5.32 Å². The van der Waals surface area contributed by atoms with Gasteiger partial charge in [0.25, 0.3) is 0 Å². The smallest absolute Gasteiger partial charge is 0.151 e. The second kappa shape index (κ2) is 5.72. The van der Waals surface area contributed by atoms with Gasteiger partial charge in [-0.05, 0) is 31.0 Å². The molecule has 0 bridgehead atoms. The summed E-state index contributed by atoms with van der Waals surface area (Å²) in [4.78, 5) is 0. The highest BCUT2D eigenvalue weighted by Gasteiger charge is 2.27. The molecule has 0 aromatic heterocycles. The van der Waals surface area contributed by atoms with Crippen molar-refractivity contribution in [3.05, 3.63) is 47.0 Å². The van der Waals surface area contributed by atoms with Crippen LogP contribution in [-0.4, -0.2) is 27.0 Å². The zero-order chi connectivity index (χ0) is 14.9. The average Bonchev–Trinajstić information content (AvgIpc) is 2.41. The van der Waals surface area contributed by atoms with Crippen LogP contribution in [0, 0.1) is 0 Å². The van der Waals surface area contributed by atoms with E-state index in [0.29, 0.717) is 5.02 Å². The maximum absolute atomic E-state index is 11.8. The second-order valence-corrected chi connectivity index (χ2v) is 7.79. The summed E-state index contributed by atoms with van der Waals surface area (Å²) in [5.41, 5.74) is 0.949. The van der Waals surface area contributed by atoms with Crippen molar-refractivity contribution in [2.75, 3.05) is 13.3 Å². The van der Waals surface area contributed by atoms with E-state index in [1.54, 1.807) is 14.0 Å². The highest BCUT2D eigenvalue weighted by Crippen LogP contribution is 2.32. The zero-order valence-corrected chi connectivity index (χ0v) is 13.3. The van der Waals surface area contributed by atoms with Crippen molar-refractivity contribution in [3.8, 4) is 0 Å². The van der Waals surface area contributed by atoms with E-state index in [9.17, 15) is 8.42 Å². The first-order valence-electron chi connectivity index (χ1n) is 6.39. The van der Waals surface area contributed by atoms with Crippen molar-refractivity contribution in [1.82, 2.24) is 5.32 Å². The van der Waals surface area contributed by atoms with Crippen LogP contribution in [0.3, 0.4) is 0 Å². The fourth-order valence-corrected chi connectivity index (χ4v) is 3.45. The molecule has 2 unspecified atom stereocenters. The Balaban J connectivity index is 2.65. The summed E-state index contributed by atoms with van der Waals surface area (Å²) in [7, 11) is -1.36. The van der Waals surface area contributed by atoms with Crippen molar-refractivity contribution >= 4 is 32.2 Å². The van der Waals surface area contributed by atoms with Crippen LogP contribution in [0.4, 0.5) is 0 Å². The average molecular weight is 312 g/mol. The Labute approximate surface area is 124 Å². The zero-order valence-electron chi connectivity index (χ0n) is 11.7. The number of sulfone groups is 1. The molecule has 0 amide bonds. The molecule has 0 aliphatic rings. The van der Waals surface area contributed by atoms with Crippen LogP contribution in [0.15, 0.2) is 36.4 Å². The molecule has 0 spiro atoms. The Morgan fingerprint density at radius 2 is 1.70 bits per heavy atom. The Morgan fingerprint density at radius 3 is 2.25 bits per heavy atom. The Hall–Kier alpha value is -1.10. The molecule has 0 aliphatic carbocycles. The topological polar surface area (TPSA) is 46.2 Å². The molecular formula is C15H18ClNO2S. The number of benzene rings is 2. The molecule has 1 N–H and O–H groups in total. The van der Waals surface area contributed by atoms with Gasteiger partial charge in [-0.3, -0.25) is 0 Å². The predicted octanol–water partition coefficient (Wildman–Crippen LogP) is 3.19. The van der Waals surface area contributed by atoms with Gasteiger partial charge in [-0.25, -0.2) is 8.42 Å². The molecule has 5 heteroatoms. The monoisotopic (exact) mass is 311 g/mol. The minimum atomic E-state index is -3.14. The summed E-state index contributed by atoms with van der Waals surface area (Å²) in [5, 5.41) is 5.19. The van der Waals surface area contributed by atoms with E-state index in [1.165, 1.54) is 6.26 Å². The molecule has 20 heavy (non-hydrogen) atoms. The van der Waals surface area contributed by atoms with Crippen LogP contribution in [-0.2, 0) is 9.84 Å². The van der Waals surface area contributed by atoms with Gasteiger partial charge in [-0.1, -0.05) is 41.9 Å². The lowest BCUT2D eigenvalue weighted by molar-refractivity contribution is 0.537. The van der Waals surface area contributed by atoms with Crippen molar-refractivity contribution < 1.29 is 8.42 Å². The number of fused-ring (bicyclic) bond motifs is 1. The van der Waals surface area contributed by atoms with Gasteiger partial charge in [-0.2, -0.15) is 0 Å². The van der Waals surface area contributed by atoms with Gasteiger partial charge in [0.05, 0.1) is 5.25 Å². The molecule has 2 atom stereocenters. The number of halogens is 1. The normalized spacial score (nSPS) is 15.2. The maximum Gasteiger partial charge on any atom is 0.151 e. The van der Waals surface area contributed by atoms with E-state index in [0.717, 1.165) is 16.3 Å². The molecule has 0 fully saturated rings. The highest BCUT2D eigenvalue weighted by molar-refractivity contribution is 7.91. The van der Waals surface area contributed by atoms with E-state index < -0.39 is 15.1 Å². The van der Waals surface area contributed by atoms with Crippen molar-refractivity contribution in [2.24, 2.45) is 0 Å². The molecule has 108 valence electrons. The number of hydrogen-bond donors (Lipinski definition) is 1. The molecule has 0 heterocycles. The summed E-state index contributed by atoms with van der Waals surface area (Å²) < 4.78 is 23.7. The molecule has 0 radical (unpaired) electrons. The predicted molar refractivity (Wildman–Crippen MR) is 85.1 cm³/mol. The van der Waals surface area contributed by atoms with Crippen molar-refractivity contribution in [1.29, 1.82) is 0 Å². The van der Waals surface area contributed by atoms with Crippen LogP contribution in [0.2, 0.25) is 5.02 Å². The lowest BCUT2D eigenvalue weighted by Crippen LogP contribution is -2.33. The summed E-state index contributed by atoms with van der Waals surface area (Å²) in [5.74, 6) is 0. The van der Waals surface area contributed by atoms with E-state index in [1.807, 2.05) is 36.4 Å². The molecule has 2 aromatic carbocycles. The Kier molecular flexibility index (Phi) is 4.37. The standard InChI is InChI=1S/C15H18ClNO2S/c1-10(20(3,18)19)15(17-2)13-8-9-14(16)12-7-5-4-6-11(12)13/h4-10,15,17H,1-3H3. The van der Waals surface area contributed by atoms with Gasteiger partial charge in [0, 0.05) is 22.7 Å². The van der Waals surface area contributed by atoms with Crippen molar-refractivity contribution in [2.45, 2.75) is 18.2 Å². The van der Waals surface area contributed by atoms with Crippen LogP contribution in [0.25, 0.3) is 10.8 Å². The molecule has 0 saturated carbocycles. The third kappa shape index (κ3) is 2.82. The first-order valence-corrected chi connectivity index (χ1v) is 8.72. The van der Waals surface area contributed by atoms with Gasteiger partial charge in [0.2, 0.25) is 0 Å². The van der Waals surface area contributed by atoms with Crippen LogP contribution in [0.5, 0.6) is 0 Å². The SMILES string of the molecule is CNC(c1ccc(Cl)c2ccccc12)C(C)S(C)(=O)=O. The summed E-state index contributed by atoms with van der Waals surface area (Å²) >= 11 is 6.21. The fourth-order valence-electron chi connectivity index (χ4n) is 2.45. The van der Waals surface area contributed by atoms with Crippen LogP contribution >= 0.6 is 11.6 Å². The number of rotatable bonds is 4. The summed E-state index contributed by atoms with van der Waals surface area (Å²) in [6.45, 7) is 1.72. The molecule has 0 aliphatic heterocycles. The third-order valence-electron chi connectivity index (χ3n) is 3.70. The first kappa shape index (κ1) is 15.3. The maximum atomic E-state index is 11.8. The quantitative estimate of drug-likeness (QED) is 0.943. The number of hydrogen-bond acceptors (Lipinski definition) is 3. The van der Waals surface area contributed by atoms with E-state index in [4.69, 9.17) is 11.6 Å². The first-order chi connectivity index (χ1) is 9.36. The summed E-state index contributed by atoms with van der Waals surface area (Å²) in [6.07, 6.45) is 1.26. The van der Waals surface area contributed by atoms with Crippen molar-refractivity contribution in [3.63, 3.8) is 0 Å². The van der Waals surface area contributed by atoms with Gasteiger partial charge in [0.15, 0.2) is 9.84 Å². The lowest BCUT2D eigenvalue weighted by atomic mass is 9.97. The number of nitrogens with one attached hydrogen (secondary N) is 1. The second-order valence-electron chi connectivity index (χ2n) is 4.98. The third-order valence-corrected chi connectivity index (χ3v) is 5.65. The molecule has 2 aromatic rings. The lowest BCUT2D eigenvalue weighted by Gasteiger charge is -2.24. The van der Waals surface area contributed by atoms with E-state index in [-0.39, 0.29) is 6.04 Å². The van der Waals surface area contributed by atoms with Gasteiger partial charge in [0.1, 0.15) is 0 Å². The van der Waals surface area contributed by atoms with Crippen LogP contribution in [0.1, 0.15) is 18.5 Å². The van der Waals surface area contributed by atoms with E-state index >= 15 is 0 Å². The molecule has 2 rings (SSSR count). The molecule has 0 saturated heterocycles. The largest absolute Gasteiger partial charge is 0.312 e. The van der Waals surface area contributed by atoms with Gasteiger partial charge in [-0.15, -0.1) is 0 Å². The molecular weight excluding hydrogens is 294 g/mol. The van der Waals surface area contributed by atoms with Crippen LogP contribution < -0.4 is 5.32 Å². The highest BCUT2D eigenvalue weighted by atomic mass is 35.5. The van der Waals surface area contributed by atoms with Gasteiger partial charge >= 0.3 is 0 Å². The van der Waals surface area contributed by atoms with Gasteiger partial charge < -0.3 is 5.32 Å². The minimum Gasteiger partial charge on any atom is -0.312 e. The fraction of sp³-hybridized carbons (Fsp3) is 0.333. The Bertz CT molecular complexity index is 728. The minimum absolute atomic E-state index is 0.271. The Morgan fingerprint density at radius 1 is 1.10 bits per heavy atom.